The molecule has 6 nitrogen and oxygen atoms in total. The van der Waals surface area contributed by atoms with E-state index in [-0.39, 0.29) is 5.91 Å². The van der Waals surface area contributed by atoms with Gasteiger partial charge in [0, 0.05) is 38.8 Å². The summed E-state index contributed by atoms with van der Waals surface area (Å²) in [6.45, 7) is 3.20. The molecule has 2 rings (SSSR count). The van der Waals surface area contributed by atoms with Crippen LogP contribution in [0.3, 0.4) is 0 Å². The van der Waals surface area contributed by atoms with Crippen LogP contribution in [0.5, 0.6) is 0 Å². The molecule has 6 heteroatoms. The minimum atomic E-state index is 0.133. The highest BCUT2D eigenvalue weighted by atomic mass is 16.1. The van der Waals surface area contributed by atoms with E-state index in [4.69, 9.17) is 5.84 Å². The zero-order valence-electron chi connectivity index (χ0n) is 9.65. The number of pyridine rings is 1. The second-order valence-electron chi connectivity index (χ2n) is 4.07. The van der Waals surface area contributed by atoms with Gasteiger partial charge in [-0.15, -0.1) is 0 Å². The number of nitrogens with two attached hydrogens (primary N) is 1. The first-order chi connectivity index (χ1) is 8.28. The molecule has 0 spiro atoms. The summed E-state index contributed by atoms with van der Waals surface area (Å²) in [5.41, 5.74) is 3.62. The Kier molecular flexibility index (Phi) is 3.89. The largest absolute Gasteiger partial charge is 0.355 e. The van der Waals surface area contributed by atoms with Gasteiger partial charge in [-0.25, -0.2) is 10.8 Å². The van der Waals surface area contributed by atoms with Crippen molar-refractivity contribution in [1.82, 2.24) is 15.2 Å². The standard InChI is InChI=1S/C11H17N5O/c12-15-10-2-1-9(7-14-10)8-16-5-3-11(17)13-4-6-16/h1-2,7H,3-6,8,12H2,(H,13,17)(H,14,15). The van der Waals surface area contributed by atoms with E-state index < -0.39 is 0 Å². The first-order valence-electron chi connectivity index (χ1n) is 5.68. The van der Waals surface area contributed by atoms with E-state index in [0.29, 0.717) is 18.8 Å². The lowest BCUT2D eigenvalue weighted by Crippen LogP contribution is -2.28. The van der Waals surface area contributed by atoms with E-state index in [1.807, 2.05) is 12.1 Å². The highest BCUT2D eigenvalue weighted by Crippen LogP contribution is 2.08. The maximum Gasteiger partial charge on any atom is 0.221 e. The quantitative estimate of drug-likeness (QED) is 0.494. The molecule has 1 saturated heterocycles. The topological polar surface area (TPSA) is 83.3 Å². The van der Waals surface area contributed by atoms with E-state index in [1.165, 1.54) is 0 Å². The van der Waals surface area contributed by atoms with E-state index >= 15 is 0 Å². The summed E-state index contributed by atoms with van der Waals surface area (Å²) in [5.74, 6) is 6.04. The Morgan fingerprint density at radius 3 is 3.06 bits per heavy atom. The Balaban J connectivity index is 1.92. The van der Waals surface area contributed by atoms with Crippen molar-refractivity contribution in [2.24, 2.45) is 5.84 Å². The summed E-state index contributed by atoms with van der Waals surface area (Å²) in [4.78, 5) is 17.6. The SMILES string of the molecule is NNc1ccc(CN2CCNC(=O)CC2)cn1. The van der Waals surface area contributed by atoms with E-state index in [0.717, 1.165) is 25.2 Å². The molecule has 2 heterocycles. The average Bonchev–Trinajstić information content (AvgIpc) is 2.56. The monoisotopic (exact) mass is 235 g/mol. The molecule has 1 aromatic rings. The van der Waals surface area contributed by atoms with Gasteiger partial charge >= 0.3 is 0 Å². The van der Waals surface area contributed by atoms with Crippen molar-refractivity contribution < 1.29 is 4.79 Å². The van der Waals surface area contributed by atoms with Crippen molar-refractivity contribution in [2.45, 2.75) is 13.0 Å². The molecule has 0 unspecified atom stereocenters. The van der Waals surface area contributed by atoms with Gasteiger partial charge in [0.15, 0.2) is 0 Å². The Morgan fingerprint density at radius 1 is 1.47 bits per heavy atom. The van der Waals surface area contributed by atoms with Crippen LogP contribution in [0.4, 0.5) is 5.82 Å². The number of nitrogen functional groups attached to an aromatic ring is 1. The molecule has 1 fully saturated rings. The van der Waals surface area contributed by atoms with Crippen LogP contribution < -0.4 is 16.6 Å². The summed E-state index contributed by atoms with van der Waals surface area (Å²) in [5, 5.41) is 2.86. The molecule has 92 valence electrons. The molecule has 0 atom stereocenters. The number of nitrogens with zero attached hydrogens (tertiary/aromatic N) is 2. The minimum Gasteiger partial charge on any atom is -0.355 e. The predicted octanol–water partition coefficient (Wildman–Crippen LogP) is -0.311. The molecule has 1 aliphatic heterocycles. The van der Waals surface area contributed by atoms with Crippen LogP contribution in [0.25, 0.3) is 0 Å². The number of carbonyl (C=O) groups is 1. The first-order valence-corrected chi connectivity index (χ1v) is 5.68. The number of nitrogens with one attached hydrogen (secondary N) is 2. The number of amides is 1. The Morgan fingerprint density at radius 2 is 2.35 bits per heavy atom. The summed E-state index contributed by atoms with van der Waals surface area (Å²) in [6, 6.07) is 3.83. The Labute approximate surface area is 100 Å². The predicted molar refractivity (Wildman–Crippen MR) is 65.0 cm³/mol. The molecule has 0 aromatic carbocycles. The smallest absolute Gasteiger partial charge is 0.221 e. The van der Waals surface area contributed by atoms with E-state index in [1.54, 1.807) is 6.20 Å². The number of aromatic nitrogens is 1. The third-order valence-corrected chi connectivity index (χ3v) is 2.78. The number of hydrogen-bond acceptors (Lipinski definition) is 5. The highest BCUT2D eigenvalue weighted by Gasteiger charge is 2.13. The van der Waals surface area contributed by atoms with Crippen LogP contribution in [0.2, 0.25) is 0 Å². The first kappa shape index (κ1) is 11.8. The van der Waals surface area contributed by atoms with E-state index in [9.17, 15) is 4.79 Å². The zero-order valence-corrected chi connectivity index (χ0v) is 9.65. The van der Waals surface area contributed by atoms with Gasteiger partial charge in [-0.05, 0) is 11.6 Å². The van der Waals surface area contributed by atoms with Crippen LogP contribution >= 0.6 is 0 Å². The minimum absolute atomic E-state index is 0.133. The third kappa shape index (κ3) is 3.40. The number of rotatable bonds is 3. The molecule has 0 radical (unpaired) electrons. The van der Waals surface area contributed by atoms with E-state index in [2.05, 4.69) is 20.6 Å². The fourth-order valence-electron chi connectivity index (χ4n) is 1.83. The zero-order chi connectivity index (χ0) is 12.1. The summed E-state index contributed by atoms with van der Waals surface area (Å²) < 4.78 is 0. The van der Waals surface area contributed by atoms with Gasteiger partial charge in [0.1, 0.15) is 5.82 Å². The van der Waals surface area contributed by atoms with Crippen molar-refractivity contribution in [1.29, 1.82) is 0 Å². The van der Waals surface area contributed by atoms with Gasteiger partial charge in [-0.1, -0.05) is 6.07 Å². The normalized spacial score (nSPS) is 17.4. The van der Waals surface area contributed by atoms with Gasteiger partial charge in [-0.2, -0.15) is 0 Å². The Bertz CT molecular complexity index is 378. The van der Waals surface area contributed by atoms with Crippen LogP contribution in [0, 0.1) is 0 Å². The van der Waals surface area contributed by atoms with Crippen molar-refractivity contribution in [3.8, 4) is 0 Å². The van der Waals surface area contributed by atoms with Crippen molar-refractivity contribution in [3.05, 3.63) is 23.9 Å². The second kappa shape index (κ2) is 5.60. The maximum atomic E-state index is 11.2. The summed E-state index contributed by atoms with van der Waals surface area (Å²) in [7, 11) is 0. The van der Waals surface area contributed by atoms with Gasteiger partial charge in [0.05, 0.1) is 0 Å². The average molecular weight is 235 g/mol. The molecule has 1 amide bonds. The molecule has 1 aromatic heterocycles. The van der Waals surface area contributed by atoms with Crippen LogP contribution in [-0.4, -0.2) is 35.4 Å². The van der Waals surface area contributed by atoms with Gasteiger partial charge in [-0.3, -0.25) is 9.69 Å². The maximum absolute atomic E-state index is 11.2. The fourth-order valence-corrected chi connectivity index (χ4v) is 1.83. The number of anilines is 1. The molecule has 0 aliphatic carbocycles. The lowest BCUT2D eigenvalue weighted by Gasteiger charge is -2.18. The molecular weight excluding hydrogens is 218 g/mol. The third-order valence-electron chi connectivity index (χ3n) is 2.78. The number of hydrazine groups is 1. The van der Waals surface area contributed by atoms with Crippen LogP contribution in [-0.2, 0) is 11.3 Å². The van der Waals surface area contributed by atoms with Gasteiger partial charge in [0.25, 0.3) is 0 Å². The van der Waals surface area contributed by atoms with Crippen LogP contribution in [0.1, 0.15) is 12.0 Å². The Hall–Kier alpha value is -1.66. The molecular formula is C11H17N5O. The summed E-state index contributed by atoms with van der Waals surface area (Å²) >= 11 is 0. The van der Waals surface area contributed by atoms with Crippen molar-refractivity contribution in [3.63, 3.8) is 0 Å². The second-order valence-corrected chi connectivity index (χ2v) is 4.07. The molecule has 17 heavy (non-hydrogen) atoms. The van der Waals surface area contributed by atoms with Crippen LogP contribution in [0.15, 0.2) is 18.3 Å². The lowest BCUT2D eigenvalue weighted by molar-refractivity contribution is -0.120. The summed E-state index contributed by atoms with van der Waals surface area (Å²) in [6.07, 6.45) is 2.37. The van der Waals surface area contributed by atoms with Gasteiger partial charge in [0.2, 0.25) is 5.91 Å². The number of carbonyl (C=O) groups excluding carboxylic acids is 1. The lowest BCUT2D eigenvalue weighted by atomic mass is 10.2. The molecule has 4 N–H and O–H groups in total. The van der Waals surface area contributed by atoms with Crippen molar-refractivity contribution >= 4 is 11.7 Å². The molecule has 0 saturated carbocycles. The molecule has 1 aliphatic rings. The molecule has 0 bridgehead atoms. The highest BCUT2D eigenvalue weighted by molar-refractivity contribution is 5.76. The van der Waals surface area contributed by atoms with Crippen molar-refractivity contribution in [2.75, 3.05) is 25.1 Å². The fraction of sp³-hybridized carbons (Fsp3) is 0.455. The van der Waals surface area contributed by atoms with Gasteiger partial charge < -0.3 is 10.7 Å². The number of hydrogen-bond donors (Lipinski definition) is 3.